The number of pyridine rings is 1. The molecule has 1 N–H and O–H groups in total. The number of carbonyl (C=O) groups is 2. The minimum atomic E-state index is -4.59. The number of piperidine rings is 1. The molecule has 154 valence electrons. The summed E-state index contributed by atoms with van der Waals surface area (Å²) < 4.78 is 39.0. The van der Waals surface area contributed by atoms with Gasteiger partial charge in [-0.05, 0) is 36.6 Å². The van der Waals surface area contributed by atoms with Gasteiger partial charge >= 0.3 is 6.18 Å². The average molecular weight is 407 g/mol. The Morgan fingerprint density at radius 2 is 1.76 bits per heavy atom. The zero-order valence-electron chi connectivity index (χ0n) is 15.5. The van der Waals surface area contributed by atoms with Gasteiger partial charge in [-0.2, -0.15) is 13.2 Å². The first-order valence-electron chi connectivity index (χ1n) is 9.18. The van der Waals surface area contributed by atoms with E-state index in [1.54, 1.807) is 29.2 Å². The maximum absolute atomic E-state index is 12.8. The second-order valence-corrected chi connectivity index (χ2v) is 6.83. The molecule has 6 nitrogen and oxygen atoms in total. The summed E-state index contributed by atoms with van der Waals surface area (Å²) in [5, 5.41) is 2.58. The molecule has 2 heterocycles. The molecule has 2 aromatic rings. The largest absolute Gasteiger partial charge is 0.417 e. The molecule has 0 atom stereocenters. The van der Waals surface area contributed by atoms with Crippen molar-refractivity contribution in [3.8, 4) is 0 Å². The smallest absolute Gasteiger partial charge is 0.350 e. The van der Waals surface area contributed by atoms with Gasteiger partial charge in [-0.1, -0.05) is 12.1 Å². The number of amides is 2. The first kappa shape index (κ1) is 20.6. The zero-order chi connectivity index (χ0) is 21.0. The van der Waals surface area contributed by atoms with Crippen LogP contribution in [0.2, 0.25) is 0 Å². The first-order chi connectivity index (χ1) is 13.7. The van der Waals surface area contributed by atoms with E-state index in [0.717, 1.165) is 34.7 Å². The van der Waals surface area contributed by atoms with E-state index in [1.807, 2.05) is 0 Å². The van der Waals surface area contributed by atoms with E-state index in [-0.39, 0.29) is 12.5 Å². The SMILES string of the molecule is O=C(Cn1cc(C(F)(F)F)ccc1=O)NCc1ccc(N2CCCCC2=O)cc1. The third-order valence-corrected chi connectivity index (χ3v) is 4.69. The average Bonchev–Trinajstić information content (AvgIpc) is 2.68. The van der Waals surface area contributed by atoms with Crippen LogP contribution in [-0.2, 0) is 28.9 Å². The highest BCUT2D eigenvalue weighted by Crippen LogP contribution is 2.28. The van der Waals surface area contributed by atoms with Gasteiger partial charge in [-0.25, -0.2) is 0 Å². The molecule has 0 saturated carbocycles. The highest BCUT2D eigenvalue weighted by molar-refractivity contribution is 5.93. The van der Waals surface area contributed by atoms with Crippen LogP contribution < -0.4 is 15.8 Å². The van der Waals surface area contributed by atoms with Crippen LogP contribution in [0.3, 0.4) is 0 Å². The van der Waals surface area contributed by atoms with Crippen LogP contribution in [0.1, 0.15) is 30.4 Å². The van der Waals surface area contributed by atoms with Gasteiger partial charge in [0.1, 0.15) is 6.54 Å². The number of nitrogens with zero attached hydrogens (tertiary/aromatic N) is 2. The van der Waals surface area contributed by atoms with E-state index >= 15 is 0 Å². The molecule has 2 amide bonds. The minimum absolute atomic E-state index is 0.0869. The number of aromatic nitrogens is 1. The second-order valence-electron chi connectivity index (χ2n) is 6.83. The number of halogens is 3. The molecule has 1 aromatic carbocycles. The molecule has 0 radical (unpaired) electrons. The van der Waals surface area contributed by atoms with Crippen molar-refractivity contribution < 1.29 is 22.8 Å². The Morgan fingerprint density at radius 1 is 1.03 bits per heavy atom. The molecule has 0 aliphatic carbocycles. The summed E-state index contributed by atoms with van der Waals surface area (Å²) in [5.41, 5.74) is -0.125. The molecule has 29 heavy (non-hydrogen) atoms. The number of hydrogen-bond donors (Lipinski definition) is 1. The summed E-state index contributed by atoms with van der Waals surface area (Å²) in [5.74, 6) is -0.495. The molecule has 9 heteroatoms. The van der Waals surface area contributed by atoms with Crippen molar-refractivity contribution in [2.75, 3.05) is 11.4 Å². The molecule has 1 aromatic heterocycles. The van der Waals surface area contributed by atoms with Crippen LogP contribution >= 0.6 is 0 Å². The van der Waals surface area contributed by atoms with Crippen LogP contribution in [0.15, 0.2) is 47.4 Å². The van der Waals surface area contributed by atoms with Crippen molar-refractivity contribution in [3.05, 3.63) is 64.1 Å². The highest BCUT2D eigenvalue weighted by Gasteiger charge is 2.31. The van der Waals surface area contributed by atoms with Gasteiger partial charge in [-0.15, -0.1) is 0 Å². The topological polar surface area (TPSA) is 71.4 Å². The van der Waals surface area contributed by atoms with Crippen molar-refractivity contribution >= 4 is 17.5 Å². The van der Waals surface area contributed by atoms with Gasteiger partial charge < -0.3 is 14.8 Å². The lowest BCUT2D eigenvalue weighted by molar-refractivity contribution is -0.138. The normalized spacial score (nSPS) is 14.7. The maximum atomic E-state index is 12.8. The Hall–Kier alpha value is -3.10. The fourth-order valence-electron chi connectivity index (χ4n) is 3.11. The van der Waals surface area contributed by atoms with Gasteiger partial charge in [-0.3, -0.25) is 14.4 Å². The summed E-state index contributed by atoms with van der Waals surface area (Å²) in [6.07, 6.45) is -1.57. The third-order valence-electron chi connectivity index (χ3n) is 4.69. The molecule has 3 rings (SSSR count). The predicted octanol–water partition coefficient (Wildman–Crippen LogP) is 2.70. The Labute approximate surface area is 164 Å². The van der Waals surface area contributed by atoms with Crippen LogP contribution in [0, 0.1) is 0 Å². The van der Waals surface area contributed by atoms with Crippen LogP contribution in [0.25, 0.3) is 0 Å². The monoisotopic (exact) mass is 407 g/mol. The van der Waals surface area contributed by atoms with E-state index in [0.29, 0.717) is 25.2 Å². The molecule has 0 spiro atoms. The quantitative estimate of drug-likeness (QED) is 0.829. The van der Waals surface area contributed by atoms with Gasteiger partial charge in [0.25, 0.3) is 5.56 Å². The molecule has 1 saturated heterocycles. The molecule has 1 fully saturated rings. The van der Waals surface area contributed by atoms with Gasteiger partial charge in [0.05, 0.1) is 5.56 Å². The fourth-order valence-corrected chi connectivity index (χ4v) is 3.11. The summed E-state index contributed by atoms with van der Waals surface area (Å²) in [6.45, 7) is 0.324. The maximum Gasteiger partial charge on any atom is 0.417 e. The Bertz CT molecular complexity index is 952. The summed E-state index contributed by atoms with van der Waals surface area (Å²) in [7, 11) is 0. The fraction of sp³-hybridized carbons (Fsp3) is 0.350. The van der Waals surface area contributed by atoms with Gasteiger partial charge in [0.15, 0.2) is 0 Å². The van der Waals surface area contributed by atoms with Gasteiger partial charge in [0.2, 0.25) is 11.8 Å². The van der Waals surface area contributed by atoms with Crippen molar-refractivity contribution in [2.24, 2.45) is 0 Å². The van der Waals surface area contributed by atoms with E-state index in [1.165, 1.54) is 0 Å². The highest BCUT2D eigenvalue weighted by atomic mass is 19.4. The van der Waals surface area contributed by atoms with Crippen molar-refractivity contribution in [3.63, 3.8) is 0 Å². The number of alkyl halides is 3. The van der Waals surface area contributed by atoms with Crippen LogP contribution in [0.5, 0.6) is 0 Å². The summed E-state index contributed by atoms with van der Waals surface area (Å²) in [4.78, 5) is 37.4. The van der Waals surface area contributed by atoms with Crippen molar-refractivity contribution in [1.82, 2.24) is 9.88 Å². The van der Waals surface area contributed by atoms with E-state index in [9.17, 15) is 27.6 Å². The Kier molecular flexibility index (Phi) is 6.05. The molecular weight excluding hydrogens is 387 g/mol. The van der Waals surface area contributed by atoms with Gasteiger partial charge in [0, 0.05) is 37.5 Å². The molecule has 1 aliphatic rings. The van der Waals surface area contributed by atoms with E-state index < -0.39 is 29.8 Å². The number of nitrogens with one attached hydrogen (secondary N) is 1. The predicted molar refractivity (Wildman–Crippen MR) is 100 cm³/mol. The Morgan fingerprint density at radius 3 is 2.41 bits per heavy atom. The number of anilines is 1. The van der Waals surface area contributed by atoms with Crippen LogP contribution in [0.4, 0.5) is 18.9 Å². The summed E-state index contributed by atoms with van der Waals surface area (Å²) in [6, 6.07) is 8.61. The number of rotatable bonds is 5. The van der Waals surface area contributed by atoms with E-state index in [2.05, 4.69) is 5.32 Å². The molecular formula is C20H20F3N3O3. The molecule has 0 bridgehead atoms. The lowest BCUT2D eigenvalue weighted by Crippen LogP contribution is -2.35. The van der Waals surface area contributed by atoms with E-state index in [4.69, 9.17) is 0 Å². The van der Waals surface area contributed by atoms with Crippen molar-refractivity contribution in [2.45, 2.75) is 38.5 Å². The summed E-state index contributed by atoms with van der Waals surface area (Å²) >= 11 is 0. The minimum Gasteiger partial charge on any atom is -0.350 e. The second kappa shape index (κ2) is 8.50. The number of benzene rings is 1. The number of carbonyl (C=O) groups excluding carboxylic acids is 2. The standard InChI is InChI=1S/C20H20F3N3O3/c21-20(22,23)15-6-9-18(28)25(12-15)13-17(27)24-11-14-4-7-16(8-5-14)26-10-2-1-3-19(26)29/h4-9,12H,1-3,10-11,13H2,(H,24,27). The molecule has 0 unspecified atom stereocenters. The van der Waals surface area contributed by atoms with Crippen LogP contribution in [-0.4, -0.2) is 22.9 Å². The zero-order valence-corrected chi connectivity index (χ0v) is 15.5. The third kappa shape index (κ3) is 5.24. The first-order valence-corrected chi connectivity index (χ1v) is 9.18. The van der Waals surface area contributed by atoms with Crippen molar-refractivity contribution in [1.29, 1.82) is 0 Å². The molecule has 1 aliphatic heterocycles. The number of hydrogen-bond acceptors (Lipinski definition) is 3. The lowest BCUT2D eigenvalue weighted by atomic mass is 10.1. The Balaban J connectivity index is 1.58. The lowest BCUT2D eigenvalue weighted by Gasteiger charge is -2.26.